The molecule has 3 aliphatic rings. The number of likely N-dealkylation sites (tertiary alicyclic amines) is 1. The molecule has 3 N–H and O–H groups in total. The molecule has 3 heterocycles. The maximum absolute atomic E-state index is 13.6. The maximum Gasteiger partial charge on any atom is 0.264 e. The predicted molar refractivity (Wildman–Crippen MR) is 269 cm³/mol. The summed E-state index contributed by atoms with van der Waals surface area (Å²) >= 11 is 5.34. The Labute approximate surface area is 402 Å². The lowest BCUT2D eigenvalue weighted by Crippen LogP contribution is -2.53. The predicted octanol–water partition coefficient (Wildman–Crippen LogP) is 7.70. The van der Waals surface area contributed by atoms with Gasteiger partial charge in [-0.2, -0.15) is 0 Å². The number of thioether (sulfide) groups is 1. The van der Waals surface area contributed by atoms with Crippen LogP contribution < -0.4 is 14.9 Å². The Kier molecular flexibility index (Phi) is 16.5. The number of hydrogen-bond acceptors (Lipinski definition) is 11. The van der Waals surface area contributed by atoms with Crippen LogP contribution in [-0.2, 0) is 27.6 Å². The fourth-order valence-electron chi connectivity index (χ4n) is 9.15. The van der Waals surface area contributed by atoms with E-state index in [0.29, 0.717) is 22.5 Å². The van der Waals surface area contributed by atoms with Crippen molar-refractivity contribution in [2.45, 2.75) is 52.6 Å². The van der Waals surface area contributed by atoms with Gasteiger partial charge >= 0.3 is 0 Å². The van der Waals surface area contributed by atoms with E-state index in [-0.39, 0.29) is 21.4 Å². The van der Waals surface area contributed by atoms with E-state index in [1.54, 1.807) is 23.9 Å². The Balaban J connectivity index is 0.862. The minimum absolute atomic E-state index is 0.0676. The number of amides is 1. The zero-order valence-electron chi connectivity index (χ0n) is 37.4. The number of hydrogen-bond donors (Lipinski definition) is 3. The first-order chi connectivity index (χ1) is 32.0. The van der Waals surface area contributed by atoms with Crippen LogP contribution in [0.15, 0.2) is 136 Å². The zero-order valence-corrected chi connectivity index (χ0v) is 40.6. The standard InChI is InChI=1S/C50H60ClN7O5S3/c1-54-24-22-44(23-25-54)58-31-27-55(28-32-58)26-21-42(37-64-45-8-3-2-4-9-45)52-48-20-19-46(35-49(48)65(60)61)66(62,63)53-50(59)39-13-17-43(18-14-39)57-33-29-56(30-34-57)36-40-7-5-6-10-47(40)38-11-15-41(51)16-12-38/h2-20,35,42,44,52H,21-34,36-37H2,1H3,(H,53,59)(H,60,61)/t42-/m1/s1. The van der Waals surface area contributed by atoms with Gasteiger partial charge in [0.25, 0.3) is 15.9 Å². The SMILES string of the molecule is CN1CCC(N2CCN(CC[C@H](CSc3ccccc3)Nc3ccc(S(=O)(=O)NC(=O)c4ccc(N5CCN(Cc6ccccc6-c6ccc(Cl)cc6)CC5)cc4)cc3S(=O)O)CC2)CC1. The molecule has 3 aliphatic heterocycles. The molecule has 3 saturated heterocycles. The molecule has 0 saturated carbocycles. The molecular weight excluding hydrogens is 910 g/mol. The van der Waals surface area contributed by atoms with Gasteiger partial charge in [-0.1, -0.05) is 66.2 Å². The summed E-state index contributed by atoms with van der Waals surface area (Å²) in [5.41, 5.74) is 5.09. The molecule has 12 nitrogen and oxygen atoms in total. The lowest BCUT2D eigenvalue weighted by molar-refractivity contribution is 0.0640. The Hall–Kier alpha value is -4.29. The molecule has 0 bridgehead atoms. The third kappa shape index (κ3) is 12.8. The number of carbonyl (C=O) groups excluding carboxylic acids is 1. The third-order valence-corrected chi connectivity index (χ3v) is 16.5. The number of nitrogens with zero attached hydrogens (tertiary/aromatic N) is 5. The van der Waals surface area contributed by atoms with E-state index < -0.39 is 27.0 Å². The van der Waals surface area contributed by atoms with Crippen LogP contribution in [0, 0.1) is 0 Å². The summed E-state index contributed by atoms with van der Waals surface area (Å²) in [6.45, 7) is 11.4. The summed E-state index contributed by atoms with van der Waals surface area (Å²) in [5.74, 6) is -0.0898. The van der Waals surface area contributed by atoms with Gasteiger partial charge in [0.15, 0.2) is 11.1 Å². The van der Waals surface area contributed by atoms with Crippen LogP contribution in [0.25, 0.3) is 11.1 Å². The van der Waals surface area contributed by atoms with Crippen molar-refractivity contribution in [2.75, 3.05) is 95.0 Å². The van der Waals surface area contributed by atoms with E-state index >= 15 is 0 Å². The average molecular weight is 971 g/mol. The highest BCUT2D eigenvalue weighted by atomic mass is 35.5. The van der Waals surface area contributed by atoms with Crippen LogP contribution in [-0.4, -0.2) is 140 Å². The second-order valence-corrected chi connectivity index (χ2v) is 21.6. The highest BCUT2D eigenvalue weighted by molar-refractivity contribution is 7.99. The molecule has 1 unspecified atom stereocenters. The monoisotopic (exact) mass is 969 g/mol. The van der Waals surface area contributed by atoms with Crippen molar-refractivity contribution in [3.05, 3.63) is 137 Å². The second kappa shape index (κ2) is 22.7. The smallest absolute Gasteiger partial charge is 0.264 e. The number of carbonyl (C=O) groups is 1. The average Bonchev–Trinajstić information content (AvgIpc) is 3.34. The van der Waals surface area contributed by atoms with Gasteiger partial charge in [-0.15, -0.1) is 11.8 Å². The maximum atomic E-state index is 13.6. The van der Waals surface area contributed by atoms with Gasteiger partial charge in [-0.25, -0.2) is 17.3 Å². The van der Waals surface area contributed by atoms with Gasteiger partial charge in [-0.05, 0) is 123 Å². The molecule has 350 valence electrons. The number of benzene rings is 5. The fraction of sp³-hybridized carbons (Fsp3) is 0.380. The lowest BCUT2D eigenvalue weighted by atomic mass is 9.99. The second-order valence-electron chi connectivity index (χ2n) is 17.5. The van der Waals surface area contributed by atoms with Gasteiger partial charge in [0.05, 0.1) is 15.5 Å². The first-order valence-corrected chi connectivity index (χ1v) is 26.8. The Bertz CT molecular complexity index is 2510. The van der Waals surface area contributed by atoms with Crippen LogP contribution in [0.1, 0.15) is 35.2 Å². The van der Waals surface area contributed by atoms with Crippen molar-refractivity contribution in [3.8, 4) is 11.1 Å². The molecule has 0 aliphatic carbocycles. The van der Waals surface area contributed by atoms with E-state index in [1.165, 1.54) is 42.2 Å². The number of halogens is 1. The molecule has 5 aromatic rings. The number of nitrogens with one attached hydrogen (secondary N) is 2. The van der Waals surface area contributed by atoms with Crippen molar-refractivity contribution < 1.29 is 22.0 Å². The Morgan fingerprint density at radius 3 is 2.17 bits per heavy atom. The molecule has 8 rings (SSSR count). The molecule has 66 heavy (non-hydrogen) atoms. The van der Waals surface area contributed by atoms with E-state index in [1.807, 2.05) is 54.6 Å². The number of rotatable bonds is 17. The van der Waals surface area contributed by atoms with Crippen LogP contribution >= 0.6 is 23.4 Å². The summed E-state index contributed by atoms with van der Waals surface area (Å²) in [6.07, 6.45) is 3.23. The number of piperidine rings is 1. The van der Waals surface area contributed by atoms with Crippen LogP contribution in [0.3, 0.4) is 0 Å². The molecule has 5 aromatic carbocycles. The molecule has 0 radical (unpaired) electrons. The Morgan fingerprint density at radius 2 is 1.47 bits per heavy atom. The van der Waals surface area contributed by atoms with Crippen LogP contribution in [0.5, 0.6) is 0 Å². The van der Waals surface area contributed by atoms with Gasteiger partial charge in [-0.3, -0.25) is 14.6 Å². The first-order valence-electron chi connectivity index (χ1n) is 22.8. The van der Waals surface area contributed by atoms with Crippen molar-refractivity contribution in [1.82, 2.24) is 24.3 Å². The molecule has 2 atom stereocenters. The molecule has 0 aromatic heterocycles. The Morgan fingerprint density at radius 1 is 0.803 bits per heavy atom. The van der Waals surface area contributed by atoms with Crippen molar-refractivity contribution in [2.24, 2.45) is 0 Å². The van der Waals surface area contributed by atoms with Crippen LogP contribution in [0.2, 0.25) is 5.02 Å². The quantitative estimate of drug-likeness (QED) is 0.0625. The zero-order chi connectivity index (χ0) is 46.0. The summed E-state index contributed by atoms with van der Waals surface area (Å²) < 4.78 is 52.7. The summed E-state index contributed by atoms with van der Waals surface area (Å²) in [5, 5.41) is 4.21. The van der Waals surface area contributed by atoms with E-state index in [0.717, 1.165) is 101 Å². The largest absolute Gasteiger partial charge is 0.380 e. The molecule has 16 heteroatoms. The number of sulfonamides is 1. The lowest BCUT2D eigenvalue weighted by Gasteiger charge is -2.42. The summed E-state index contributed by atoms with van der Waals surface area (Å²) in [4.78, 5) is 26.4. The van der Waals surface area contributed by atoms with Gasteiger partial charge in [0.1, 0.15) is 0 Å². The number of anilines is 2. The highest BCUT2D eigenvalue weighted by Gasteiger charge is 2.28. The van der Waals surface area contributed by atoms with Gasteiger partial charge in [0.2, 0.25) is 0 Å². The van der Waals surface area contributed by atoms with Gasteiger partial charge in [0, 0.05) is 104 Å². The highest BCUT2D eigenvalue weighted by Crippen LogP contribution is 2.29. The van der Waals surface area contributed by atoms with E-state index in [4.69, 9.17) is 11.6 Å². The van der Waals surface area contributed by atoms with Crippen molar-refractivity contribution in [3.63, 3.8) is 0 Å². The van der Waals surface area contributed by atoms with Crippen molar-refractivity contribution >= 4 is 61.7 Å². The number of piperazine rings is 2. The molecule has 1 amide bonds. The fourth-order valence-corrected chi connectivity index (χ4v) is 11.9. The van der Waals surface area contributed by atoms with E-state index in [2.05, 4.69) is 78.0 Å². The van der Waals surface area contributed by atoms with Crippen LogP contribution in [0.4, 0.5) is 11.4 Å². The molecule has 3 fully saturated rings. The third-order valence-electron chi connectivity index (χ3n) is 13.1. The molecular formula is C50H60ClN7O5S3. The summed E-state index contributed by atoms with van der Waals surface area (Å²) in [7, 11) is -2.20. The van der Waals surface area contributed by atoms with Gasteiger partial charge < -0.3 is 24.6 Å². The topological polar surface area (TPSA) is 129 Å². The normalized spacial score (nSPS) is 18.2. The van der Waals surface area contributed by atoms with E-state index in [9.17, 15) is 22.0 Å². The molecule has 0 spiro atoms. The first kappa shape index (κ1) is 48.2. The summed E-state index contributed by atoms with van der Waals surface area (Å²) in [6, 6.07) is 38.1. The van der Waals surface area contributed by atoms with Crippen molar-refractivity contribution in [1.29, 1.82) is 0 Å². The minimum Gasteiger partial charge on any atom is -0.380 e. The minimum atomic E-state index is -4.39.